The molecule has 1 rings (SSSR count). The Bertz CT molecular complexity index is 370. The Labute approximate surface area is 128 Å². The maximum atomic E-state index is 8.75. The Morgan fingerprint density at radius 3 is 2.24 bits per heavy atom. The van der Waals surface area contributed by atoms with Crippen molar-refractivity contribution in [1.82, 2.24) is 0 Å². The van der Waals surface area contributed by atoms with Crippen molar-refractivity contribution in [3.63, 3.8) is 0 Å². The molecule has 0 amide bonds. The average Bonchev–Trinajstić information content (AvgIpc) is 2.48. The smallest absolute Gasteiger partial charge is 0.451 e. The van der Waals surface area contributed by atoms with Gasteiger partial charge in [-0.1, -0.05) is 31.4 Å². The Morgan fingerprint density at radius 1 is 1.05 bits per heavy atom. The Morgan fingerprint density at radius 2 is 1.67 bits per heavy atom. The molecule has 21 heavy (non-hydrogen) atoms. The van der Waals surface area contributed by atoms with E-state index in [0.29, 0.717) is 6.32 Å². The van der Waals surface area contributed by atoms with E-state index in [2.05, 4.69) is 12.1 Å². The molecule has 118 valence electrons. The van der Waals surface area contributed by atoms with Gasteiger partial charge in [0, 0.05) is 6.04 Å². The predicted octanol–water partition coefficient (Wildman–Crippen LogP) is 2.38. The van der Waals surface area contributed by atoms with Crippen LogP contribution in [-0.2, 0) is 6.42 Å². The number of methoxy groups -OCH3 is 1. The highest BCUT2D eigenvalue weighted by Crippen LogP contribution is 2.14. The molecule has 1 unspecified atom stereocenters. The number of benzene rings is 1. The highest BCUT2D eigenvalue weighted by atomic mass is 16.5. The first-order valence-corrected chi connectivity index (χ1v) is 7.86. The van der Waals surface area contributed by atoms with Gasteiger partial charge in [-0.05, 0) is 49.7 Å². The molecule has 1 atom stereocenters. The molecule has 5 heteroatoms. The summed E-state index contributed by atoms with van der Waals surface area (Å²) < 4.78 is 5.14. The van der Waals surface area contributed by atoms with Crippen LogP contribution in [0.1, 0.15) is 44.1 Å². The molecule has 0 spiro atoms. The molecule has 1 aromatic rings. The summed E-state index contributed by atoms with van der Waals surface area (Å²) in [4.78, 5) is 0. The van der Waals surface area contributed by atoms with Crippen LogP contribution in [0, 0.1) is 0 Å². The molecule has 0 saturated carbocycles. The van der Waals surface area contributed by atoms with Gasteiger partial charge >= 0.3 is 7.12 Å². The SMILES string of the molecule is COc1ccc(CCCCC(N)CCCCB(O)O)cc1. The van der Waals surface area contributed by atoms with Gasteiger partial charge in [0.1, 0.15) is 5.75 Å². The summed E-state index contributed by atoms with van der Waals surface area (Å²) in [5.41, 5.74) is 7.40. The lowest BCUT2D eigenvalue weighted by Crippen LogP contribution is -2.20. The normalized spacial score (nSPS) is 12.2. The van der Waals surface area contributed by atoms with Crippen molar-refractivity contribution in [2.45, 2.75) is 57.3 Å². The van der Waals surface area contributed by atoms with Gasteiger partial charge in [-0.25, -0.2) is 0 Å². The highest BCUT2D eigenvalue weighted by molar-refractivity contribution is 6.40. The fraction of sp³-hybridized carbons (Fsp3) is 0.625. The van der Waals surface area contributed by atoms with Crippen LogP contribution in [0.3, 0.4) is 0 Å². The fourth-order valence-electron chi connectivity index (χ4n) is 2.41. The minimum atomic E-state index is -1.18. The fourth-order valence-corrected chi connectivity index (χ4v) is 2.41. The van der Waals surface area contributed by atoms with Crippen LogP contribution in [-0.4, -0.2) is 30.3 Å². The van der Waals surface area contributed by atoms with Crippen LogP contribution < -0.4 is 10.5 Å². The summed E-state index contributed by atoms with van der Waals surface area (Å²) in [7, 11) is 0.503. The molecule has 0 bridgehead atoms. The number of hydrogen-bond acceptors (Lipinski definition) is 4. The summed E-state index contributed by atoms with van der Waals surface area (Å²) in [6, 6.07) is 8.45. The summed E-state index contributed by atoms with van der Waals surface area (Å²) in [5.74, 6) is 0.897. The number of nitrogens with two attached hydrogens (primary N) is 1. The van der Waals surface area contributed by atoms with Crippen molar-refractivity contribution in [1.29, 1.82) is 0 Å². The molecule has 4 N–H and O–H groups in total. The molecule has 0 aromatic heterocycles. The van der Waals surface area contributed by atoms with E-state index in [0.717, 1.165) is 50.7 Å². The van der Waals surface area contributed by atoms with E-state index >= 15 is 0 Å². The number of aryl methyl sites for hydroxylation is 1. The van der Waals surface area contributed by atoms with Gasteiger partial charge in [0.05, 0.1) is 7.11 Å². The third-order valence-electron chi connectivity index (χ3n) is 3.74. The zero-order chi connectivity index (χ0) is 15.5. The Hall–Kier alpha value is -1.04. The van der Waals surface area contributed by atoms with Crippen LogP contribution in [0.2, 0.25) is 6.32 Å². The molecule has 4 nitrogen and oxygen atoms in total. The van der Waals surface area contributed by atoms with Gasteiger partial charge in [0.25, 0.3) is 0 Å². The first-order valence-electron chi connectivity index (χ1n) is 7.86. The third-order valence-corrected chi connectivity index (χ3v) is 3.74. The minimum Gasteiger partial charge on any atom is -0.497 e. The Kier molecular flexibility index (Phi) is 9.14. The first-order chi connectivity index (χ1) is 10.1. The largest absolute Gasteiger partial charge is 0.497 e. The summed E-state index contributed by atoms with van der Waals surface area (Å²) in [6.07, 6.45) is 7.62. The van der Waals surface area contributed by atoms with E-state index in [1.807, 2.05) is 12.1 Å². The highest BCUT2D eigenvalue weighted by Gasteiger charge is 2.07. The average molecular weight is 293 g/mol. The maximum Gasteiger partial charge on any atom is 0.451 e. The van der Waals surface area contributed by atoms with E-state index in [9.17, 15) is 0 Å². The standard InChI is InChI=1S/C16H28BNO3/c1-21-16-11-9-14(10-12-16)6-2-3-7-15(18)8-4-5-13-17(19)20/h9-12,15,19-20H,2-8,13,18H2,1H3. The number of ether oxygens (including phenoxy) is 1. The van der Waals surface area contributed by atoms with Gasteiger partial charge in [-0.15, -0.1) is 0 Å². The zero-order valence-corrected chi connectivity index (χ0v) is 13.0. The summed E-state index contributed by atoms with van der Waals surface area (Å²) >= 11 is 0. The molecule has 0 fully saturated rings. The van der Waals surface area contributed by atoms with Gasteiger partial charge < -0.3 is 20.5 Å². The van der Waals surface area contributed by atoms with Gasteiger partial charge in [0.2, 0.25) is 0 Å². The molecule has 0 aliphatic heterocycles. The van der Waals surface area contributed by atoms with Crippen LogP contribution in [0.4, 0.5) is 0 Å². The molecule has 0 aliphatic rings. The van der Waals surface area contributed by atoms with E-state index < -0.39 is 7.12 Å². The lowest BCUT2D eigenvalue weighted by atomic mass is 9.83. The molecule has 0 radical (unpaired) electrons. The molecular weight excluding hydrogens is 265 g/mol. The van der Waals surface area contributed by atoms with E-state index in [1.165, 1.54) is 5.56 Å². The lowest BCUT2D eigenvalue weighted by molar-refractivity contribution is 0.400. The number of hydrogen-bond donors (Lipinski definition) is 3. The molecular formula is C16H28BNO3. The summed E-state index contributed by atoms with van der Waals surface area (Å²) in [5, 5.41) is 17.5. The third kappa shape index (κ3) is 8.76. The second kappa shape index (κ2) is 10.7. The van der Waals surface area contributed by atoms with Crippen molar-refractivity contribution in [3.8, 4) is 5.75 Å². The minimum absolute atomic E-state index is 0.233. The van der Waals surface area contributed by atoms with Crippen molar-refractivity contribution in [2.75, 3.05) is 7.11 Å². The quantitative estimate of drug-likeness (QED) is 0.432. The number of rotatable bonds is 11. The van der Waals surface area contributed by atoms with E-state index in [1.54, 1.807) is 7.11 Å². The van der Waals surface area contributed by atoms with Crippen LogP contribution in [0.25, 0.3) is 0 Å². The molecule has 0 aliphatic carbocycles. The van der Waals surface area contributed by atoms with Crippen molar-refractivity contribution in [3.05, 3.63) is 29.8 Å². The van der Waals surface area contributed by atoms with Crippen LogP contribution >= 0.6 is 0 Å². The van der Waals surface area contributed by atoms with Gasteiger partial charge in [-0.2, -0.15) is 0 Å². The molecule has 1 aromatic carbocycles. The maximum absolute atomic E-state index is 8.75. The Balaban J connectivity index is 2.04. The van der Waals surface area contributed by atoms with Crippen molar-refractivity contribution < 1.29 is 14.8 Å². The van der Waals surface area contributed by atoms with E-state index in [4.69, 9.17) is 20.5 Å². The van der Waals surface area contributed by atoms with Crippen LogP contribution in [0.5, 0.6) is 5.75 Å². The number of unbranched alkanes of at least 4 members (excludes halogenated alkanes) is 2. The van der Waals surface area contributed by atoms with E-state index in [-0.39, 0.29) is 6.04 Å². The van der Waals surface area contributed by atoms with Crippen LogP contribution in [0.15, 0.2) is 24.3 Å². The molecule has 0 saturated heterocycles. The van der Waals surface area contributed by atoms with Gasteiger partial charge in [-0.3, -0.25) is 0 Å². The molecule has 0 heterocycles. The lowest BCUT2D eigenvalue weighted by Gasteiger charge is -2.11. The topological polar surface area (TPSA) is 75.7 Å². The monoisotopic (exact) mass is 293 g/mol. The van der Waals surface area contributed by atoms with Crippen molar-refractivity contribution >= 4 is 7.12 Å². The van der Waals surface area contributed by atoms with Crippen molar-refractivity contribution in [2.24, 2.45) is 5.73 Å². The summed E-state index contributed by atoms with van der Waals surface area (Å²) in [6.45, 7) is 0. The second-order valence-corrected chi connectivity index (χ2v) is 5.62. The first kappa shape index (κ1) is 18.0. The van der Waals surface area contributed by atoms with Gasteiger partial charge in [0.15, 0.2) is 0 Å². The second-order valence-electron chi connectivity index (χ2n) is 5.62. The predicted molar refractivity (Wildman–Crippen MR) is 87.4 cm³/mol. The zero-order valence-electron chi connectivity index (χ0n) is 13.0.